The number of rotatable bonds is 8. The number of esters is 1. The van der Waals surface area contributed by atoms with Gasteiger partial charge < -0.3 is 19.9 Å². The second-order valence-corrected chi connectivity index (χ2v) is 8.37. The first-order valence-corrected chi connectivity index (χ1v) is 10.6. The molecule has 0 unspecified atom stereocenters. The van der Waals surface area contributed by atoms with Crippen molar-refractivity contribution >= 4 is 27.9 Å². The van der Waals surface area contributed by atoms with Gasteiger partial charge in [-0.05, 0) is 30.7 Å². The number of sulfonamides is 1. The van der Waals surface area contributed by atoms with E-state index < -0.39 is 28.4 Å². The molecule has 11 heteroatoms. The van der Waals surface area contributed by atoms with Crippen molar-refractivity contribution in [3.05, 3.63) is 41.1 Å². The Morgan fingerprint density at radius 2 is 2.00 bits per heavy atom. The SMILES string of the molecule is COc1ccc(C=CC(=O)OCC(=O)C(C#N)=C(C)N)cc1S(=O)(=O)N1CCOCC1. The summed E-state index contributed by atoms with van der Waals surface area (Å²) in [6, 6.07) is 6.09. The predicted molar refractivity (Wildman–Crippen MR) is 110 cm³/mol. The van der Waals surface area contributed by atoms with E-state index in [4.69, 9.17) is 25.2 Å². The van der Waals surface area contributed by atoms with E-state index in [9.17, 15) is 18.0 Å². The highest BCUT2D eigenvalue weighted by atomic mass is 32.2. The van der Waals surface area contributed by atoms with E-state index in [1.807, 2.05) is 0 Å². The number of benzene rings is 1. The maximum absolute atomic E-state index is 13.0. The number of ether oxygens (including phenoxy) is 3. The Bertz CT molecular complexity index is 1050. The van der Waals surface area contributed by atoms with Crippen LogP contribution in [-0.4, -0.2) is 64.5 Å². The Hall–Kier alpha value is -3.20. The maximum Gasteiger partial charge on any atom is 0.331 e. The summed E-state index contributed by atoms with van der Waals surface area (Å²) in [5, 5.41) is 8.88. The predicted octanol–water partition coefficient (Wildman–Crippen LogP) is 0.598. The van der Waals surface area contributed by atoms with Crippen LogP contribution in [0.5, 0.6) is 5.75 Å². The molecule has 1 aliphatic rings. The molecule has 1 aliphatic heterocycles. The Labute approximate surface area is 180 Å². The number of nitrogens with zero attached hydrogens (tertiary/aromatic N) is 2. The summed E-state index contributed by atoms with van der Waals surface area (Å²) < 4.78 is 42.5. The van der Waals surface area contributed by atoms with Crippen molar-refractivity contribution in [2.75, 3.05) is 40.0 Å². The minimum Gasteiger partial charge on any atom is -0.495 e. The zero-order valence-electron chi connectivity index (χ0n) is 17.2. The molecular formula is C20H23N3O7S. The second kappa shape index (κ2) is 10.7. The molecule has 0 aromatic heterocycles. The Balaban J connectivity index is 2.15. The summed E-state index contributed by atoms with van der Waals surface area (Å²) >= 11 is 0. The number of carbonyl (C=O) groups excluding carboxylic acids is 2. The number of Topliss-reactive ketones (excluding diaryl/α,β-unsaturated/α-hetero) is 1. The van der Waals surface area contributed by atoms with Gasteiger partial charge in [-0.1, -0.05) is 6.07 Å². The van der Waals surface area contributed by atoms with Crippen LogP contribution in [0, 0.1) is 11.3 Å². The summed E-state index contributed by atoms with van der Waals surface area (Å²) in [7, 11) is -2.46. The van der Waals surface area contributed by atoms with Crippen LogP contribution in [0.4, 0.5) is 0 Å². The van der Waals surface area contributed by atoms with Gasteiger partial charge in [0.2, 0.25) is 15.8 Å². The van der Waals surface area contributed by atoms with Crippen LogP contribution in [0.3, 0.4) is 0 Å². The average molecular weight is 449 g/mol. The van der Waals surface area contributed by atoms with Gasteiger partial charge >= 0.3 is 5.97 Å². The van der Waals surface area contributed by atoms with Crippen molar-refractivity contribution < 1.29 is 32.2 Å². The minimum absolute atomic E-state index is 0.0336. The van der Waals surface area contributed by atoms with E-state index in [1.54, 1.807) is 12.1 Å². The lowest BCUT2D eigenvalue weighted by Crippen LogP contribution is -2.40. The van der Waals surface area contributed by atoms with Crippen LogP contribution in [0.15, 0.2) is 40.4 Å². The van der Waals surface area contributed by atoms with E-state index in [-0.39, 0.29) is 35.0 Å². The van der Waals surface area contributed by atoms with Crippen molar-refractivity contribution in [1.29, 1.82) is 5.26 Å². The van der Waals surface area contributed by atoms with Crippen molar-refractivity contribution in [1.82, 2.24) is 4.31 Å². The molecule has 1 saturated heterocycles. The molecule has 0 amide bonds. The number of allylic oxidation sites excluding steroid dienone is 1. The first-order chi connectivity index (χ1) is 14.7. The van der Waals surface area contributed by atoms with Crippen molar-refractivity contribution in [2.45, 2.75) is 11.8 Å². The minimum atomic E-state index is -3.82. The number of hydrogen-bond acceptors (Lipinski definition) is 9. The monoisotopic (exact) mass is 449 g/mol. The number of morpholine rings is 1. The van der Waals surface area contributed by atoms with Crippen LogP contribution >= 0.6 is 0 Å². The summed E-state index contributed by atoms with van der Waals surface area (Å²) in [6.45, 7) is 1.82. The van der Waals surface area contributed by atoms with E-state index in [0.29, 0.717) is 18.8 Å². The third-order valence-corrected chi connectivity index (χ3v) is 6.24. The van der Waals surface area contributed by atoms with Crippen LogP contribution in [0.1, 0.15) is 12.5 Å². The Morgan fingerprint density at radius 3 is 2.58 bits per heavy atom. The molecule has 2 N–H and O–H groups in total. The second-order valence-electron chi connectivity index (χ2n) is 6.46. The summed E-state index contributed by atoms with van der Waals surface area (Å²) in [5.41, 5.74) is 5.60. The molecule has 1 fully saturated rings. The van der Waals surface area contributed by atoms with Crippen molar-refractivity contribution in [3.8, 4) is 11.8 Å². The molecule has 0 aliphatic carbocycles. The average Bonchev–Trinajstić information content (AvgIpc) is 2.76. The fraction of sp³-hybridized carbons (Fsp3) is 0.350. The Kier molecular flexibility index (Phi) is 8.32. The molecule has 0 spiro atoms. The molecule has 0 saturated carbocycles. The normalized spacial score (nSPS) is 15.8. The molecule has 0 bridgehead atoms. The molecule has 1 aromatic carbocycles. The number of ketones is 1. The standard InChI is InChI=1S/C20H23N3O7S/c1-14(22)16(12-21)17(24)13-30-20(25)6-4-15-3-5-18(28-2)19(11-15)31(26,27)23-7-9-29-10-8-23/h3-6,11H,7-10,13,22H2,1-2H3. The van der Waals surface area contributed by atoms with Crippen LogP contribution in [0.25, 0.3) is 6.08 Å². The fourth-order valence-electron chi connectivity index (χ4n) is 2.72. The quantitative estimate of drug-likeness (QED) is 0.342. The van der Waals surface area contributed by atoms with Gasteiger partial charge in [-0.15, -0.1) is 0 Å². The first-order valence-electron chi connectivity index (χ1n) is 9.21. The summed E-state index contributed by atoms with van der Waals surface area (Å²) in [4.78, 5) is 23.7. The molecule has 1 heterocycles. The lowest BCUT2D eigenvalue weighted by Gasteiger charge is -2.26. The molecule has 0 radical (unpaired) electrons. The zero-order valence-corrected chi connectivity index (χ0v) is 18.0. The highest BCUT2D eigenvalue weighted by molar-refractivity contribution is 7.89. The van der Waals surface area contributed by atoms with Crippen LogP contribution in [-0.2, 0) is 29.1 Å². The van der Waals surface area contributed by atoms with Crippen LogP contribution in [0.2, 0.25) is 0 Å². The zero-order chi connectivity index (χ0) is 23.0. The number of carbonyl (C=O) groups is 2. The van der Waals surface area contributed by atoms with Gasteiger partial charge in [0.25, 0.3) is 0 Å². The van der Waals surface area contributed by atoms with E-state index in [1.165, 1.54) is 36.5 Å². The van der Waals surface area contributed by atoms with Gasteiger partial charge in [-0.25, -0.2) is 13.2 Å². The van der Waals surface area contributed by atoms with E-state index in [0.717, 1.165) is 6.08 Å². The number of hydrogen-bond donors (Lipinski definition) is 1. The lowest BCUT2D eigenvalue weighted by atomic mass is 10.1. The Morgan fingerprint density at radius 1 is 1.32 bits per heavy atom. The van der Waals surface area contributed by atoms with Gasteiger partial charge in [-0.3, -0.25) is 4.79 Å². The van der Waals surface area contributed by atoms with Gasteiger partial charge in [0.05, 0.1) is 20.3 Å². The molecular weight excluding hydrogens is 426 g/mol. The third-order valence-electron chi connectivity index (χ3n) is 4.32. The van der Waals surface area contributed by atoms with E-state index in [2.05, 4.69) is 0 Å². The third kappa shape index (κ3) is 6.14. The topological polar surface area (TPSA) is 149 Å². The molecule has 2 rings (SSSR count). The van der Waals surface area contributed by atoms with Gasteiger partial charge in [0.1, 0.15) is 22.3 Å². The summed E-state index contributed by atoms with van der Waals surface area (Å²) in [5.74, 6) is -1.38. The first kappa shape index (κ1) is 24.1. The van der Waals surface area contributed by atoms with Crippen LogP contribution < -0.4 is 10.5 Å². The highest BCUT2D eigenvalue weighted by Crippen LogP contribution is 2.28. The molecule has 0 atom stereocenters. The smallest absolute Gasteiger partial charge is 0.331 e. The fourth-order valence-corrected chi connectivity index (χ4v) is 4.31. The van der Waals surface area contributed by atoms with Crippen molar-refractivity contribution in [2.24, 2.45) is 5.73 Å². The molecule has 1 aromatic rings. The maximum atomic E-state index is 13.0. The van der Waals surface area contributed by atoms with Gasteiger partial charge in [-0.2, -0.15) is 9.57 Å². The van der Waals surface area contributed by atoms with Gasteiger partial charge in [0, 0.05) is 24.9 Å². The highest BCUT2D eigenvalue weighted by Gasteiger charge is 2.29. The molecule has 166 valence electrons. The number of nitrogens with two attached hydrogens (primary N) is 1. The number of methoxy groups -OCH3 is 1. The molecule has 31 heavy (non-hydrogen) atoms. The summed E-state index contributed by atoms with van der Waals surface area (Å²) in [6.07, 6.45) is 2.39. The van der Waals surface area contributed by atoms with Crippen molar-refractivity contribution in [3.63, 3.8) is 0 Å². The molecule has 10 nitrogen and oxygen atoms in total. The number of nitriles is 1. The lowest BCUT2D eigenvalue weighted by molar-refractivity contribution is -0.141. The van der Waals surface area contributed by atoms with E-state index >= 15 is 0 Å². The van der Waals surface area contributed by atoms with Gasteiger partial charge in [0.15, 0.2) is 6.61 Å². The largest absolute Gasteiger partial charge is 0.495 e.